The highest BCUT2D eigenvalue weighted by molar-refractivity contribution is 7.89. The summed E-state index contributed by atoms with van der Waals surface area (Å²) in [5.74, 6) is -2.14. The maximum Gasteiger partial charge on any atom is 0.434 e. The van der Waals surface area contributed by atoms with Crippen molar-refractivity contribution < 1.29 is 17.2 Å². The maximum absolute atomic E-state index is 15.1. The Morgan fingerprint density at radius 1 is 1.26 bits per heavy atom. The van der Waals surface area contributed by atoms with Gasteiger partial charge in [-0.2, -0.15) is 4.31 Å². The largest absolute Gasteiger partial charge is 0.434 e. The molecule has 34 heavy (non-hydrogen) atoms. The average molecular weight is 509 g/mol. The van der Waals surface area contributed by atoms with Crippen LogP contribution < -0.4 is 10.7 Å². The number of nitrogens with zero attached hydrogens (tertiary/aromatic N) is 3. The Balaban J connectivity index is 1.93. The van der Waals surface area contributed by atoms with E-state index in [1.165, 1.54) is 22.5 Å². The quantitative estimate of drug-likeness (QED) is 0.526. The first-order valence-corrected chi connectivity index (χ1v) is 12.7. The zero-order valence-corrected chi connectivity index (χ0v) is 20.9. The van der Waals surface area contributed by atoms with Crippen molar-refractivity contribution in [3.05, 3.63) is 74.3 Å². The Morgan fingerprint density at radius 3 is 2.65 bits per heavy atom. The molecule has 1 aliphatic rings. The number of H-pyrrole nitrogens is 1. The van der Waals surface area contributed by atoms with Crippen LogP contribution in [0.5, 0.6) is 0 Å². The lowest BCUT2D eigenvalue weighted by Gasteiger charge is -2.42. The van der Waals surface area contributed by atoms with Gasteiger partial charge in [0.2, 0.25) is 15.9 Å². The van der Waals surface area contributed by atoms with Crippen molar-refractivity contribution in [3.8, 4) is 0 Å². The molecule has 4 rings (SSSR count). The van der Waals surface area contributed by atoms with Gasteiger partial charge < -0.3 is 9.32 Å². The molecule has 2 heterocycles. The lowest BCUT2D eigenvalue weighted by Crippen LogP contribution is -2.49. The van der Waals surface area contributed by atoms with Crippen molar-refractivity contribution in [2.75, 3.05) is 18.1 Å². The van der Waals surface area contributed by atoms with Crippen LogP contribution in [0.1, 0.15) is 54.8 Å². The standard InChI is InChI=1S/C23H26ClFN4O4S/c1-5-10-28-12-29(34(31,32)19-9-7-16(24)11-18(19)28)21(22-26-27-23(30)33-22)15(4)20-14(3)13(2)6-8-17(20)25/h6-9,11,15,21H,5,10,12H2,1-4H3,(H,27,30)/t15-,21+/m1/s1. The topological polar surface area (TPSA) is 99.5 Å². The zero-order chi connectivity index (χ0) is 24.8. The fourth-order valence-corrected chi connectivity index (χ4v) is 6.55. The van der Waals surface area contributed by atoms with Crippen LogP contribution >= 0.6 is 11.6 Å². The molecule has 1 N–H and O–H groups in total. The SMILES string of the molecule is CCCN1CN([C@H](c2n[nH]c(=O)o2)[C@H](C)c2c(F)ccc(C)c2C)S(=O)(=O)c2ccc(Cl)cc21. The third kappa shape index (κ3) is 4.14. The molecule has 2 aromatic carbocycles. The fraction of sp³-hybridized carbons (Fsp3) is 0.391. The van der Waals surface area contributed by atoms with Crippen molar-refractivity contribution in [3.63, 3.8) is 0 Å². The van der Waals surface area contributed by atoms with Crippen LogP contribution in [0.3, 0.4) is 0 Å². The van der Waals surface area contributed by atoms with Crippen LogP contribution in [0, 0.1) is 19.7 Å². The number of aryl methyl sites for hydroxylation is 1. The number of hydrogen-bond donors (Lipinski definition) is 1. The second-order valence-corrected chi connectivity index (χ2v) is 10.8. The highest BCUT2D eigenvalue weighted by Gasteiger charge is 2.45. The Bertz CT molecular complexity index is 1390. The first-order chi connectivity index (χ1) is 16.1. The summed E-state index contributed by atoms with van der Waals surface area (Å²) in [4.78, 5) is 13.8. The van der Waals surface area contributed by atoms with Gasteiger partial charge in [-0.25, -0.2) is 22.7 Å². The summed E-state index contributed by atoms with van der Waals surface area (Å²) in [5, 5.41) is 6.58. The van der Waals surface area contributed by atoms with Crippen molar-refractivity contribution in [2.45, 2.75) is 51.0 Å². The van der Waals surface area contributed by atoms with E-state index in [-0.39, 0.29) is 17.5 Å². The van der Waals surface area contributed by atoms with E-state index in [1.54, 1.807) is 26.0 Å². The monoisotopic (exact) mass is 508 g/mol. The second kappa shape index (κ2) is 9.16. The highest BCUT2D eigenvalue weighted by atomic mass is 35.5. The summed E-state index contributed by atoms with van der Waals surface area (Å²) in [6.07, 6.45) is 0.753. The van der Waals surface area contributed by atoms with Crippen molar-refractivity contribution >= 4 is 27.3 Å². The number of fused-ring (bicyclic) bond motifs is 1. The van der Waals surface area contributed by atoms with Gasteiger partial charge in [0.05, 0.1) is 12.4 Å². The molecule has 1 aliphatic heterocycles. The van der Waals surface area contributed by atoms with Gasteiger partial charge in [-0.1, -0.05) is 31.5 Å². The molecule has 11 heteroatoms. The predicted octanol–water partition coefficient (Wildman–Crippen LogP) is 4.50. The highest BCUT2D eigenvalue weighted by Crippen LogP contribution is 2.44. The van der Waals surface area contributed by atoms with E-state index < -0.39 is 33.6 Å². The minimum Gasteiger partial charge on any atom is -0.391 e. The molecule has 0 spiro atoms. The molecular weight excluding hydrogens is 483 g/mol. The number of halogens is 2. The Morgan fingerprint density at radius 2 is 2.00 bits per heavy atom. The Kier molecular flexibility index (Phi) is 6.58. The third-order valence-electron chi connectivity index (χ3n) is 6.33. The van der Waals surface area contributed by atoms with E-state index >= 15 is 4.39 Å². The minimum atomic E-state index is -4.08. The first kappa shape index (κ1) is 24.4. The van der Waals surface area contributed by atoms with Crippen LogP contribution in [0.2, 0.25) is 5.02 Å². The van der Waals surface area contributed by atoms with Crippen molar-refractivity contribution in [1.29, 1.82) is 0 Å². The lowest BCUT2D eigenvalue weighted by atomic mass is 9.87. The molecule has 0 unspecified atom stereocenters. The summed E-state index contributed by atoms with van der Waals surface area (Å²) < 4.78 is 49.3. The molecule has 182 valence electrons. The molecule has 0 saturated heterocycles. The van der Waals surface area contributed by atoms with Gasteiger partial charge in [0.25, 0.3) is 0 Å². The number of rotatable bonds is 6. The maximum atomic E-state index is 15.1. The summed E-state index contributed by atoms with van der Waals surface area (Å²) in [6, 6.07) is 6.55. The third-order valence-corrected chi connectivity index (χ3v) is 8.43. The van der Waals surface area contributed by atoms with Crippen LogP contribution in [0.15, 0.2) is 44.4 Å². The van der Waals surface area contributed by atoms with Crippen molar-refractivity contribution in [2.24, 2.45) is 0 Å². The van der Waals surface area contributed by atoms with Crippen LogP contribution in [0.25, 0.3) is 0 Å². The lowest BCUT2D eigenvalue weighted by molar-refractivity contribution is 0.234. The molecule has 0 amide bonds. The molecule has 0 fully saturated rings. The van der Waals surface area contributed by atoms with E-state index in [0.717, 1.165) is 12.0 Å². The van der Waals surface area contributed by atoms with Crippen molar-refractivity contribution in [1.82, 2.24) is 14.5 Å². The van der Waals surface area contributed by atoms with Gasteiger partial charge in [-0.15, -0.1) is 5.10 Å². The molecule has 1 aromatic heterocycles. The van der Waals surface area contributed by atoms with E-state index in [4.69, 9.17) is 16.0 Å². The molecule has 8 nitrogen and oxygen atoms in total. The van der Waals surface area contributed by atoms with Crippen LogP contribution in [0.4, 0.5) is 10.1 Å². The normalized spacial score (nSPS) is 17.4. The minimum absolute atomic E-state index is 0.0401. The number of benzene rings is 2. The van der Waals surface area contributed by atoms with Gasteiger partial charge in [0.15, 0.2) is 0 Å². The Hall–Kier alpha value is -2.69. The predicted molar refractivity (Wildman–Crippen MR) is 127 cm³/mol. The summed E-state index contributed by atoms with van der Waals surface area (Å²) in [7, 11) is -4.08. The number of aromatic nitrogens is 2. The molecular formula is C23H26ClFN4O4S. The molecule has 3 aromatic rings. The Labute approximate surface area is 202 Å². The van der Waals surface area contributed by atoms with Gasteiger partial charge >= 0.3 is 5.76 Å². The number of nitrogens with one attached hydrogen (secondary N) is 1. The first-order valence-electron chi connectivity index (χ1n) is 10.9. The van der Waals surface area contributed by atoms with Gasteiger partial charge in [0, 0.05) is 17.5 Å². The fourth-order valence-electron chi connectivity index (χ4n) is 4.58. The summed E-state index contributed by atoms with van der Waals surface area (Å²) in [6.45, 7) is 7.85. The van der Waals surface area contributed by atoms with Crippen LogP contribution in [-0.4, -0.2) is 36.1 Å². The van der Waals surface area contributed by atoms with E-state index in [2.05, 4.69) is 10.2 Å². The zero-order valence-electron chi connectivity index (χ0n) is 19.3. The second-order valence-electron chi connectivity index (χ2n) is 8.50. The van der Waals surface area contributed by atoms with Gasteiger partial charge in [0.1, 0.15) is 16.8 Å². The number of aromatic amines is 1. The molecule has 0 aliphatic carbocycles. The molecule has 0 radical (unpaired) electrons. The molecule has 2 atom stereocenters. The smallest absolute Gasteiger partial charge is 0.391 e. The summed E-state index contributed by atoms with van der Waals surface area (Å²) in [5.41, 5.74) is 2.40. The number of anilines is 1. The van der Waals surface area contributed by atoms with E-state index in [9.17, 15) is 13.2 Å². The average Bonchev–Trinajstić information content (AvgIpc) is 3.20. The number of sulfonamides is 1. The molecule has 0 saturated carbocycles. The van der Waals surface area contributed by atoms with Crippen LogP contribution in [-0.2, 0) is 10.0 Å². The van der Waals surface area contributed by atoms with E-state index in [0.29, 0.717) is 28.4 Å². The van der Waals surface area contributed by atoms with Gasteiger partial charge in [-0.3, -0.25) is 0 Å². The number of hydrogen-bond acceptors (Lipinski definition) is 6. The van der Waals surface area contributed by atoms with E-state index in [1.807, 2.05) is 18.7 Å². The van der Waals surface area contributed by atoms with Gasteiger partial charge in [-0.05, 0) is 61.2 Å². The summed E-state index contributed by atoms with van der Waals surface area (Å²) >= 11 is 6.17. The molecule has 0 bridgehead atoms.